The molecule has 0 spiro atoms. The average Bonchev–Trinajstić information content (AvgIpc) is 3.20. The molecule has 0 amide bonds. The maximum absolute atomic E-state index is 9.84. The van der Waals surface area contributed by atoms with E-state index in [9.17, 15) is 5.11 Å². The third kappa shape index (κ3) is 5.21. The van der Waals surface area contributed by atoms with E-state index >= 15 is 0 Å². The van der Waals surface area contributed by atoms with Gasteiger partial charge in [0.2, 0.25) is 0 Å². The fourth-order valence-corrected chi connectivity index (χ4v) is 2.38. The Hall–Kier alpha value is -0.940. The van der Waals surface area contributed by atoms with Gasteiger partial charge in [-0.3, -0.25) is 0 Å². The standard InChI is InChI=1S/C16H25NO3/c18-9-8-16(6-7-16)13-17-10-15(19)12-20-11-14-4-2-1-3-5-14/h1-5,15,17-19H,6-13H2. The first-order valence-corrected chi connectivity index (χ1v) is 7.35. The number of benzene rings is 1. The molecule has 0 heterocycles. The summed E-state index contributed by atoms with van der Waals surface area (Å²) < 4.78 is 5.50. The van der Waals surface area contributed by atoms with Gasteiger partial charge in [-0.15, -0.1) is 0 Å². The second kappa shape index (κ2) is 7.74. The minimum absolute atomic E-state index is 0.254. The van der Waals surface area contributed by atoms with Gasteiger partial charge in [0.15, 0.2) is 0 Å². The fraction of sp³-hybridized carbons (Fsp3) is 0.625. The molecule has 1 atom stereocenters. The summed E-state index contributed by atoms with van der Waals surface area (Å²) >= 11 is 0. The maximum atomic E-state index is 9.84. The zero-order valence-corrected chi connectivity index (χ0v) is 11.9. The van der Waals surface area contributed by atoms with Crippen LogP contribution in [0.2, 0.25) is 0 Å². The van der Waals surface area contributed by atoms with Crippen LogP contribution in [0.1, 0.15) is 24.8 Å². The second-order valence-corrected chi connectivity index (χ2v) is 5.76. The van der Waals surface area contributed by atoms with Crippen LogP contribution in [0.5, 0.6) is 0 Å². The van der Waals surface area contributed by atoms with Gasteiger partial charge in [0, 0.05) is 19.7 Å². The minimum Gasteiger partial charge on any atom is -0.396 e. The molecule has 1 aliphatic rings. The van der Waals surface area contributed by atoms with Crippen molar-refractivity contribution in [1.82, 2.24) is 5.32 Å². The zero-order valence-electron chi connectivity index (χ0n) is 11.9. The Bertz CT molecular complexity index is 379. The Morgan fingerprint density at radius 3 is 2.65 bits per heavy atom. The SMILES string of the molecule is OCCC1(CNCC(O)COCc2ccccc2)CC1. The number of hydrogen-bond donors (Lipinski definition) is 3. The molecule has 0 saturated heterocycles. The lowest BCUT2D eigenvalue weighted by atomic mass is 10.0. The molecule has 1 fully saturated rings. The van der Waals surface area contributed by atoms with E-state index in [1.54, 1.807) is 0 Å². The first-order chi connectivity index (χ1) is 9.74. The molecule has 1 aromatic carbocycles. The van der Waals surface area contributed by atoms with Gasteiger partial charge in [0.25, 0.3) is 0 Å². The van der Waals surface area contributed by atoms with Crippen LogP contribution >= 0.6 is 0 Å². The van der Waals surface area contributed by atoms with E-state index in [4.69, 9.17) is 9.84 Å². The summed E-state index contributed by atoms with van der Waals surface area (Å²) in [5.74, 6) is 0. The van der Waals surface area contributed by atoms with Crippen molar-refractivity contribution in [3.8, 4) is 0 Å². The van der Waals surface area contributed by atoms with Crippen LogP contribution < -0.4 is 5.32 Å². The molecular formula is C16H25NO3. The number of aliphatic hydroxyl groups is 2. The van der Waals surface area contributed by atoms with E-state index in [1.165, 1.54) is 12.8 Å². The second-order valence-electron chi connectivity index (χ2n) is 5.76. The predicted molar refractivity (Wildman–Crippen MR) is 78.3 cm³/mol. The molecule has 1 saturated carbocycles. The van der Waals surface area contributed by atoms with Gasteiger partial charge in [-0.05, 0) is 30.2 Å². The van der Waals surface area contributed by atoms with Gasteiger partial charge in [0.05, 0.1) is 19.3 Å². The fourth-order valence-electron chi connectivity index (χ4n) is 2.38. The quantitative estimate of drug-likeness (QED) is 0.604. The van der Waals surface area contributed by atoms with E-state index in [2.05, 4.69) is 5.32 Å². The highest BCUT2D eigenvalue weighted by atomic mass is 16.5. The zero-order chi connectivity index (χ0) is 14.3. The van der Waals surface area contributed by atoms with Crippen LogP contribution in [-0.2, 0) is 11.3 Å². The normalized spacial score (nSPS) is 17.9. The topological polar surface area (TPSA) is 61.7 Å². The van der Waals surface area contributed by atoms with Crippen molar-refractivity contribution >= 4 is 0 Å². The molecule has 112 valence electrons. The molecule has 20 heavy (non-hydrogen) atoms. The molecule has 0 radical (unpaired) electrons. The van der Waals surface area contributed by atoms with Crippen LogP contribution in [0.15, 0.2) is 30.3 Å². The highest BCUT2D eigenvalue weighted by molar-refractivity contribution is 5.13. The minimum atomic E-state index is -0.483. The lowest BCUT2D eigenvalue weighted by Crippen LogP contribution is -2.34. The molecule has 1 aromatic rings. The number of aliphatic hydroxyl groups excluding tert-OH is 2. The first-order valence-electron chi connectivity index (χ1n) is 7.35. The molecule has 0 aromatic heterocycles. The smallest absolute Gasteiger partial charge is 0.0897 e. The van der Waals surface area contributed by atoms with Crippen molar-refractivity contribution in [3.63, 3.8) is 0 Å². The van der Waals surface area contributed by atoms with Crippen LogP contribution in [-0.4, -0.2) is 42.6 Å². The molecule has 4 heteroatoms. The summed E-state index contributed by atoms with van der Waals surface area (Å²) in [7, 11) is 0. The predicted octanol–water partition coefficient (Wildman–Crippen LogP) is 1.32. The average molecular weight is 279 g/mol. The van der Waals surface area contributed by atoms with Gasteiger partial charge in [-0.2, -0.15) is 0 Å². The van der Waals surface area contributed by atoms with E-state index < -0.39 is 6.10 Å². The third-order valence-corrected chi connectivity index (χ3v) is 3.90. The van der Waals surface area contributed by atoms with Crippen LogP contribution in [0.4, 0.5) is 0 Å². The first kappa shape index (κ1) is 15.4. The number of nitrogens with one attached hydrogen (secondary N) is 1. The van der Waals surface area contributed by atoms with Gasteiger partial charge >= 0.3 is 0 Å². The van der Waals surface area contributed by atoms with Gasteiger partial charge < -0.3 is 20.3 Å². The highest BCUT2D eigenvalue weighted by Gasteiger charge is 2.41. The summed E-state index contributed by atoms with van der Waals surface area (Å²) in [5, 5.41) is 22.1. The summed E-state index contributed by atoms with van der Waals surface area (Å²) in [6, 6.07) is 9.95. The van der Waals surface area contributed by atoms with Crippen molar-refractivity contribution in [3.05, 3.63) is 35.9 Å². The molecule has 1 unspecified atom stereocenters. The third-order valence-electron chi connectivity index (χ3n) is 3.90. The monoisotopic (exact) mass is 279 g/mol. The lowest BCUT2D eigenvalue weighted by molar-refractivity contribution is 0.0282. The van der Waals surface area contributed by atoms with Crippen molar-refractivity contribution < 1.29 is 14.9 Å². The largest absolute Gasteiger partial charge is 0.396 e. The van der Waals surface area contributed by atoms with E-state index in [-0.39, 0.29) is 6.61 Å². The number of hydrogen-bond acceptors (Lipinski definition) is 4. The molecule has 0 bridgehead atoms. The van der Waals surface area contributed by atoms with Crippen molar-refractivity contribution in [2.75, 3.05) is 26.3 Å². The van der Waals surface area contributed by atoms with Gasteiger partial charge in [-0.25, -0.2) is 0 Å². The molecule has 1 aliphatic carbocycles. The molecule has 3 N–H and O–H groups in total. The van der Waals surface area contributed by atoms with Crippen molar-refractivity contribution in [2.24, 2.45) is 5.41 Å². The Morgan fingerprint density at radius 2 is 2.00 bits per heavy atom. The lowest BCUT2D eigenvalue weighted by Gasteiger charge is -2.17. The van der Waals surface area contributed by atoms with E-state index in [1.807, 2.05) is 30.3 Å². The summed E-state index contributed by atoms with van der Waals surface area (Å²) in [4.78, 5) is 0. The summed E-state index contributed by atoms with van der Waals surface area (Å²) in [6.45, 7) is 2.55. The van der Waals surface area contributed by atoms with Gasteiger partial charge in [-0.1, -0.05) is 30.3 Å². The Labute approximate surface area is 120 Å². The van der Waals surface area contributed by atoms with Crippen molar-refractivity contribution in [1.29, 1.82) is 0 Å². The number of rotatable bonds is 10. The summed E-state index contributed by atoms with van der Waals surface area (Å²) in [6.07, 6.45) is 2.74. The Kier molecular flexibility index (Phi) is 5.98. The highest BCUT2D eigenvalue weighted by Crippen LogP contribution is 2.47. The molecule has 2 rings (SSSR count). The molecule has 4 nitrogen and oxygen atoms in total. The van der Waals surface area contributed by atoms with Crippen LogP contribution in [0.25, 0.3) is 0 Å². The van der Waals surface area contributed by atoms with Crippen molar-refractivity contribution in [2.45, 2.75) is 32.0 Å². The number of ether oxygens (including phenoxy) is 1. The Balaban J connectivity index is 1.53. The molecule has 0 aliphatic heterocycles. The maximum Gasteiger partial charge on any atom is 0.0897 e. The van der Waals surface area contributed by atoms with Crippen LogP contribution in [0.3, 0.4) is 0 Å². The van der Waals surface area contributed by atoms with Crippen LogP contribution in [0, 0.1) is 5.41 Å². The van der Waals surface area contributed by atoms with E-state index in [0.717, 1.165) is 18.5 Å². The molecular weight excluding hydrogens is 254 g/mol. The van der Waals surface area contributed by atoms with E-state index in [0.29, 0.717) is 25.2 Å². The Morgan fingerprint density at radius 1 is 1.25 bits per heavy atom. The van der Waals surface area contributed by atoms with Gasteiger partial charge in [0.1, 0.15) is 0 Å². The summed E-state index contributed by atoms with van der Waals surface area (Å²) in [5.41, 5.74) is 1.41.